The van der Waals surface area contributed by atoms with Gasteiger partial charge in [-0.25, -0.2) is 0 Å². The van der Waals surface area contributed by atoms with Gasteiger partial charge < -0.3 is 14.3 Å². The summed E-state index contributed by atoms with van der Waals surface area (Å²) >= 11 is 0. The predicted octanol–water partition coefficient (Wildman–Crippen LogP) is 8.48. The highest BCUT2D eigenvalue weighted by Crippen LogP contribution is 2.30. The van der Waals surface area contributed by atoms with E-state index in [1.165, 1.54) is 44.9 Å². The Morgan fingerprint density at radius 3 is 1.95 bits per heavy atom. The molecular weight excluding hydrogens is 470 g/mol. The molecule has 4 nitrogen and oxygen atoms in total. The third-order valence-electron chi connectivity index (χ3n) is 6.85. The number of unbranched alkanes of at least 4 members (excludes halogenated alkanes) is 7. The van der Waals surface area contributed by atoms with Crippen molar-refractivity contribution in [2.24, 2.45) is 5.16 Å². The number of rotatable bonds is 13. The molecule has 38 heavy (non-hydrogen) atoms. The van der Waals surface area contributed by atoms with Crippen LogP contribution < -0.4 is 9.47 Å². The average Bonchev–Trinajstić information content (AvgIpc) is 3.47. The van der Waals surface area contributed by atoms with Crippen LogP contribution in [0.4, 0.5) is 0 Å². The molecule has 0 N–H and O–H groups in total. The molecule has 1 unspecified atom stereocenters. The Morgan fingerprint density at radius 2 is 1.32 bits per heavy atom. The molecule has 0 aromatic heterocycles. The van der Waals surface area contributed by atoms with Gasteiger partial charge in [0.1, 0.15) is 11.5 Å². The van der Waals surface area contributed by atoms with Gasteiger partial charge in [0.15, 0.2) is 6.10 Å². The number of methoxy groups -OCH3 is 1. The van der Waals surface area contributed by atoms with Crippen LogP contribution in [0.5, 0.6) is 11.5 Å². The summed E-state index contributed by atoms with van der Waals surface area (Å²) in [4.78, 5) is 5.69. The van der Waals surface area contributed by atoms with Gasteiger partial charge in [-0.3, -0.25) is 0 Å². The van der Waals surface area contributed by atoms with E-state index >= 15 is 0 Å². The van der Waals surface area contributed by atoms with Crippen molar-refractivity contribution < 1.29 is 14.3 Å². The standard InChI is InChI=1S/C34H39NO3/c1-3-4-5-6-7-8-9-10-25-37-32-21-15-28(16-22-32)12-11-27-13-17-29(18-14-27)33-26-34(38-35-33)30-19-23-31(36-2)24-20-30/h13-24,34H,3-10,25-26H2,1-2H3. The predicted molar refractivity (Wildman–Crippen MR) is 155 cm³/mol. The van der Waals surface area contributed by atoms with E-state index < -0.39 is 0 Å². The van der Waals surface area contributed by atoms with E-state index in [0.717, 1.165) is 58.9 Å². The Balaban J connectivity index is 1.19. The Bertz CT molecular complexity index is 1200. The van der Waals surface area contributed by atoms with E-state index in [0.29, 0.717) is 0 Å². The minimum atomic E-state index is -0.0670. The molecule has 0 aliphatic carbocycles. The van der Waals surface area contributed by atoms with Gasteiger partial charge in [-0.1, -0.05) is 93.1 Å². The molecule has 0 bridgehead atoms. The second-order valence-electron chi connectivity index (χ2n) is 9.78. The van der Waals surface area contributed by atoms with E-state index in [9.17, 15) is 0 Å². The Labute approximate surface area is 228 Å². The van der Waals surface area contributed by atoms with Crippen molar-refractivity contribution in [1.82, 2.24) is 0 Å². The molecule has 1 aliphatic heterocycles. The summed E-state index contributed by atoms with van der Waals surface area (Å²) in [6, 6.07) is 24.2. The smallest absolute Gasteiger partial charge is 0.158 e. The second kappa shape index (κ2) is 14.9. The van der Waals surface area contributed by atoms with Crippen molar-refractivity contribution in [2.75, 3.05) is 13.7 Å². The van der Waals surface area contributed by atoms with Crippen molar-refractivity contribution >= 4 is 5.71 Å². The highest BCUT2D eigenvalue weighted by atomic mass is 16.6. The van der Waals surface area contributed by atoms with Gasteiger partial charge in [-0.2, -0.15) is 0 Å². The highest BCUT2D eigenvalue weighted by molar-refractivity contribution is 6.01. The Morgan fingerprint density at radius 1 is 0.737 bits per heavy atom. The van der Waals surface area contributed by atoms with Crippen molar-refractivity contribution in [3.8, 4) is 23.3 Å². The molecule has 198 valence electrons. The van der Waals surface area contributed by atoms with Gasteiger partial charge in [0.25, 0.3) is 0 Å². The van der Waals surface area contributed by atoms with E-state index in [4.69, 9.17) is 14.3 Å². The fourth-order valence-corrected chi connectivity index (χ4v) is 4.50. The first kappa shape index (κ1) is 27.3. The SMILES string of the molecule is CCCCCCCCCCOc1ccc(C#Cc2ccc(C3=NOC(c4ccc(OC)cc4)C3)cc2)cc1. The molecule has 0 amide bonds. The fraction of sp³-hybridized carbons (Fsp3) is 0.382. The monoisotopic (exact) mass is 509 g/mol. The molecule has 1 heterocycles. The van der Waals surface area contributed by atoms with E-state index in [-0.39, 0.29) is 6.10 Å². The van der Waals surface area contributed by atoms with Crippen LogP contribution in [-0.4, -0.2) is 19.4 Å². The maximum atomic E-state index is 5.90. The lowest BCUT2D eigenvalue weighted by Gasteiger charge is -2.09. The van der Waals surface area contributed by atoms with E-state index in [2.05, 4.69) is 36.1 Å². The van der Waals surface area contributed by atoms with Crippen LogP contribution in [0.1, 0.15) is 93.1 Å². The van der Waals surface area contributed by atoms with Crippen LogP contribution in [0.25, 0.3) is 0 Å². The maximum Gasteiger partial charge on any atom is 0.158 e. The summed E-state index contributed by atoms with van der Waals surface area (Å²) < 4.78 is 11.1. The molecule has 0 saturated heterocycles. The molecule has 1 atom stereocenters. The molecule has 0 radical (unpaired) electrons. The van der Waals surface area contributed by atoms with Crippen LogP contribution >= 0.6 is 0 Å². The van der Waals surface area contributed by atoms with Gasteiger partial charge >= 0.3 is 0 Å². The highest BCUT2D eigenvalue weighted by Gasteiger charge is 2.23. The normalized spacial score (nSPS) is 14.3. The molecule has 4 heteroatoms. The average molecular weight is 510 g/mol. The van der Waals surface area contributed by atoms with Crippen LogP contribution in [-0.2, 0) is 4.84 Å². The fourth-order valence-electron chi connectivity index (χ4n) is 4.50. The van der Waals surface area contributed by atoms with Crippen molar-refractivity contribution in [3.63, 3.8) is 0 Å². The van der Waals surface area contributed by atoms with Crippen LogP contribution in [0.2, 0.25) is 0 Å². The number of benzene rings is 3. The lowest BCUT2D eigenvalue weighted by atomic mass is 9.99. The number of hydrogen-bond donors (Lipinski definition) is 0. The zero-order valence-electron chi connectivity index (χ0n) is 22.7. The lowest BCUT2D eigenvalue weighted by molar-refractivity contribution is 0.0857. The summed E-state index contributed by atoms with van der Waals surface area (Å²) in [7, 11) is 1.67. The summed E-state index contributed by atoms with van der Waals surface area (Å²) in [6.45, 7) is 3.04. The molecule has 1 aliphatic rings. The van der Waals surface area contributed by atoms with E-state index in [1.807, 2.05) is 60.7 Å². The number of nitrogens with zero attached hydrogens (tertiary/aromatic N) is 1. The van der Waals surface area contributed by atoms with Crippen molar-refractivity contribution in [3.05, 3.63) is 95.1 Å². The summed E-state index contributed by atoms with van der Waals surface area (Å²) in [5, 5.41) is 4.32. The molecule has 0 fully saturated rings. The van der Waals surface area contributed by atoms with Crippen molar-refractivity contribution in [2.45, 2.75) is 70.8 Å². The second-order valence-corrected chi connectivity index (χ2v) is 9.78. The Hall–Kier alpha value is -3.71. The van der Waals surface area contributed by atoms with Crippen molar-refractivity contribution in [1.29, 1.82) is 0 Å². The van der Waals surface area contributed by atoms with Crippen LogP contribution in [0.15, 0.2) is 78.0 Å². The maximum absolute atomic E-state index is 5.90. The van der Waals surface area contributed by atoms with Gasteiger partial charge in [-0.15, -0.1) is 0 Å². The van der Waals surface area contributed by atoms with Crippen LogP contribution in [0, 0.1) is 11.8 Å². The zero-order chi connectivity index (χ0) is 26.4. The number of oxime groups is 1. The molecular formula is C34H39NO3. The molecule has 3 aromatic rings. The third-order valence-corrected chi connectivity index (χ3v) is 6.85. The number of ether oxygens (including phenoxy) is 2. The first-order chi connectivity index (χ1) is 18.7. The molecule has 3 aromatic carbocycles. The lowest BCUT2D eigenvalue weighted by Crippen LogP contribution is -2.01. The summed E-state index contributed by atoms with van der Waals surface area (Å²) in [6.07, 6.45) is 11.1. The van der Waals surface area contributed by atoms with Gasteiger partial charge in [0, 0.05) is 17.5 Å². The molecule has 4 rings (SSSR count). The minimum absolute atomic E-state index is 0.0670. The first-order valence-corrected chi connectivity index (χ1v) is 14.0. The zero-order valence-corrected chi connectivity index (χ0v) is 22.7. The topological polar surface area (TPSA) is 40.0 Å². The summed E-state index contributed by atoms with van der Waals surface area (Å²) in [5.41, 5.74) is 5.05. The van der Waals surface area contributed by atoms with Gasteiger partial charge in [0.2, 0.25) is 0 Å². The minimum Gasteiger partial charge on any atom is -0.497 e. The van der Waals surface area contributed by atoms with Gasteiger partial charge in [-0.05, 0) is 66.1 Å². The molecule has 0 spiro atoms. The Kier molecular flexibility index (Phi) is 10.7. The molecule has 0 saturated carbocycles. The first-order valence-electron chi connectivity index (χ1n) is 14.0. The van der Waals surface area contributed by atoms with E-state index in [1.54, 1.807) is 7.11 Å². The quantitative estimate of drug-likeness (QED) is 0.171. The largest absolute Gasteiger partial charge is 0.497 e. The summed E-state index contributed by atoms with van der Waals surface area (Å²) in [5.74, 6) is 8.25. The van der Waals surface area contributed by atoms with Gasteiger partial charge in [0.05, 0.1) is 19.4 Å². The third kappa shape index (κ3) is 8.42. The van der Waals surface area contributed by atoms with Crippen LogP contribution in [0.3, 0.4) is 0 Å². The number of hydrogen-bond acceptors (Lipinski definition) is 4.